The summed E-state index contributed by atoms with van der Waals surface area (Å²) in [7, 11) is 0. The highest BCUT2D eigenvalue weighted by Gasteiger charge is 2.11. The average Bonchev–Trinajstić information content (AvgIpc) is 3.16. The first-order valence-corrected chi connectivity index (χ1v) is 9.02. The first kappa shape index (κ1) is 18.7. The maximum atomic E-state index is 13.0. The van der Waals surface area contributed by atoms with E-state index < -0.39 is 5.91 Å². The van der Waals surface area contributed by atoms with E-state index in [1.807, 2.05) is 0 Å². The lowest BCUT2D eigenvalue weighted by Gasteiger charge is -2.06. The molecule has 0 bridgehead atoms. The number of benzene rings is 2. The number of thiophene rings is 1. The van der Waals surface area contributed by atoms with Gasteiger partial charge in [0, 0.05) is 11.3 Å². The van der Waals surface area contributed by atoms with Gasteiger partial charge < -0.3 is 0 Å². The molecule has 1 aromatic heterocycles. The minimum atomic E-state index is -0.427. The molecule has 0 radical (unpaired) electrons. The highest BCUT2D eigenvalue weighted by molar-refractivity contribution is 7.17. The van der Waals surface area contributed by atoms with Crippen LogP contribution in [0.4, 0.5) is 8.78 Å². The van der Waals surface area contributed by atoms with E-state index in [2.05, 4.69) is 10.9 Å². The van der Waals surface area contributed by atoms with Crippen LogP contribution in [0.3, 0.4) is 0 Å². The Hall–Kier alpha value is -3.06. The minimum absolute atomic E-state index is 0.164. The lowest BCUT2D eigenvalue weighted by Crippen LogP contribution is -2.41. The number of rotatable bonds is 5. The number of hydrogen-bond donors (Lipinski definition) is 2. The number of nitrogens with one attached hydrogen (secondary N) is 2. The standard InChI is InChI=1S/C20H16F2N2O2S/c21-15-6-1-13(2-7-15)3-12-19(25)23-24-20(26)18-11-10-17(27-18)14-4-8-16(22)9-5-14/h1-2,4-11H,3,12H2,(H,23,25)(H,24,26). The van der Waals surface area contributed by atoms with Gasteiger partial charge in [0.25, 0.3) is 5.91 Å². The van der Waals surface area contributed by atoms with Crippen LogP contribution in [0.25, 0.3) is 10.4 Å². The second-order valence-electron chi connectivity index (χ2n) is 5.80. The fraction of sp³-hybridized carbons (Fsp3) is 0.100. The summed E-state index contributed by atoms with van der Waals surface area (Å²) >= 11 is 1.24. The van der Waals surface area contributed by atoms with Crippen LogP contribution >= 0.6 is 11.3 Å². The summed E-state index contributed by atoms with van der Waals surface area (Å²) < 4.78 is 25.8. The fourth-order valence-electron chi connectivity index (χ4n) is 2.39. The van der Waals surface area contributed by atoms with Crippen molar-refractivity contribution in [2.75, 3.05) is 0 Å². The zero-order valence-corrected chi connectivity index (χ0v) is 15.0. The van der Waals surface area contributed by atoms with E-state index in [-0.39, 0.29) is 24.0 Å². The van der Waals surface area contributed by atoms with Gasteiger partial charge in [-0.3, -0.25) is 20.4 Å². The number of halogens is 2. The molecule has 0 saturated heterocycles. The smallest absolute Gasteiger partial charge is 0.273 e. The third kappa shape index (κ3) is 5.21. The Bertz CT molecular complexity index is 937. The molecule has 27 heavy (non-hydrogen) atoms. The van der Waals surface area contributed by atoms with Gasteiger partial charge in [-0.15, -0.1) is 11.3 Å². The largest absolute Gasteiger partial charge is 0.279 e. The molecule has 3 aromatic rings. The predicted molar refractivity (Wildman–Crippen MR) is 100 cm³/mol. The molecule has 0 saturated carbocycles. The average molecular weight is 386 g/mol. The Morgan fingerprint density at radius 3 is 2.11 bits per heavy atom. The summed E-state index contributed by atoms with van der Waals surface area (Å²) in [6.07, 6.45) is 0.604. The van der Waals surface area contributed by atoms with Crippen molar-refractivity contribution in [2.45, 2.75) is 12.8 Å². The second-order valence-corrected chi connectivity index (χ2v) is 6.88. The van der Waals surface area contributed by atoms with E-state index in [1.165, 1.54) is 35.6 Å². The Kier molecular flexibility index (Phi) is 5.93. The van der Waals surface area contributed by atoms with Gasteiger partial charge in [-0.25, -0.2) is 8.78 Å². The SMILES string of the molecule is O=C(CCc1ccc(F)cc1)NNC(=O)c1ccc(-c2ccc(F)cc2)s1. The number of amides is 2. The molecule has 0 aliphatic rings. The van der Waals surface area contributed by atoms with Gasteiger partial charge in [0.15, 0.2) is 0 Å². The highest BCUT2D eigenvalue weighted by Crippen LogP contribution is 2.28. The van der Waals surface area contributed by atoms with Crippen molar-refractivity contribution in [1.82, 2.24) is 10.9 Å². The summed E-state index contributed by atoms with van der Waals surface area (Å²) in [5.74, 6) is -1.42. The summed E-state index contributed by atoms with van der Waals surface area (Å²) in [5, 5.41) is 0. The van der Waals surface area contributed by atoms with E-state index in [0.29, 0.717) is 11.3 Å². The number of hydrogen-bond acceptors (Lipinski definition) is 3. The number of carbonyl (C=O) groups excluding carboxylic acids is 2. The Morgan fingerprint density at radius 2 is 1.44 bits per heavy atom. The van der Waals surface area contributed by atoms with E-state index in [4.69, 9.17) is 0 Å². The number of hydrazine groups is 1. The predicted octanol–water partition coefficient (Wildman–Crippen LogP) is 4.09. The second kappa shape index (κ2) is 8.55. The molecule has 0 atom stereocenters. The fourth-order valence-corrected chi connectivity index (χ4v) is 3.30. The van der Waals surface area contributed by atoms with Crippen molar-refractivity contribution in [3.05, 3.63) is 82.7 Å². The highest BCUT2D eigenvalue weighted by atomic mass is 32.1. The van der Waals surface area contributed by atoms with E-state index in [0.717, 1.165) is 16.0 Å². The third-order valence-electron chi connectivity index (χ3n) is 3.83. The van der Waals surface area contributed by atoms with Crippen LogP contribution < -0.4 is 10.9 Å². The lowest BCUT2D eigenvalue weighted by atomic mass is 10.1. The molecular formula is C20H16F2N2O2S. The first-order chi connectivity index (χ1) is 13.0. The molecule has 0 fully saturated rings. The van der Waals surface area contributed by atoms with Crippen molar-refractivity contribution in [1.29, 1.82) is 0 Å². The molecule has 2 amide bonds. The van der Waals surface area contributed by atoms with Crippen molar-refractivity contribution in [3.63, 3.8) is 0 Å². The van der Waals surface area contributed by atoms with Crippen LogP contribution in [0.15, 0.2) is 60.7 Å². The zero-order chi connectivity index (χ0) is 19.2. The van der Waals surface area contributed by atoms with Gasteiger partial charge in [-0.2, -0.15) is 0 Å². The van der Waals surface area contributed by atoms with Crippen LogP contribution in [-0.2, 0) is 11.2 Å². The van der Waals surface area contributed by atoms with Gasteiger partial charge in [-0.05, 0) is 53.9 Å². The quantitative estimate of drug-likeness (QED) is 0.649. The van der Waals surface area contributed by atoms with Crippen LogP contribution in [0.1, 0.15) is 21.7 Å². The third-order valence-corrected chi connectivity index (χ3v) is 4.96. The minimum Gasteiger partial charge on any atom is -0.273 e. The van der Waals surface area contributed by atoms with E-state index in [9.17, 15) is 18.4 Å². The summed E-state index contributed by atoms with van der Waals surface area (Å²) in [6.45, 7) is 0. The van der Waals surface area contributed by atoms with Crippen LogP contribution in [0, 0.1) is 11.6 Å². The monoisotopic (exact) mass is 386 g/mol. The van der Waals surface area contributed by atoms with Gasteiger partial charge in [0.05, 0.1) is 4.88 Å². The molecular weight excluding hydrogens is 370 g/mol. The summed E-state index contributed by atoms with van der Waals surface area (Å²) in [6, 6.07) is 15.3. The zero-order valence-electron chi connectivity index (χ0n) is 14.2. The summed E-state index contributed by atoms with van der Waals surface area (Å²) in [4.78, 5) is 25.2. The molecule has 0 aliphatic carbocycles. The van der Waals surface area contributed by atoms with Crippen molar-refractivity contribution in [2.24, 2.45) is 0 Å². The van der Waals surface area contributed by atoms with Crippen LogP contribution in [0.5, 0.6) is 0 Å². The van der Waals surface area contributed by atoms with Crippen LogP contribution in [0.2, 0.25) is 0 Å². The van der Waals surface area contributed by atoms with E-state index >= 15 is 0 Å². The Balaban J connectivity index is 1.49. The molecule has 2 N–H and O–H groups in total. The summed E-state index contributed by atoms with van der Waals surface area (Å²) in [5.41, 5.74) is 6.38. The molecule has 0 aliphatic heterocycles. The topological polar surface area (TPSA) is 58.2 Å². The Labute approximate surface area is 158 Å². The number of aryl methyl sites for hydroxylation is 1. The normalized spacial score (nSPS) is 10.4. The van der Waals surface area contributed by atoms with Crippen molar-refractivity contribution < 1.29 is 18.4 Å². The maximum Gasteiger partial charge on any atom is 0.279 e. The molecule has 2 aromatic carbocycles. The van der Waals surface area contributed by atoms with Crippen LogP contribution in [-0.4, -0.2) is 11.8 Å². The van der Waals surface area contributed by atoms with Crippen molar-refractivity contribution in [3.8, 4) is 10.4 Å². The van der Waals surface area contributed by atoms with Gasteiger partial charge in [-0.1, -0.05) is 24.3 Å². The molecule has 7 heteroatoms. The molecule has 138 valence electrons. The van der Waals surface area contributed by atoms with Crippen molar-refractivity contribution >= 4 is 23.2 Å². The Morgan fingerprint density at radius 1 is 0.815 bits per heavy atom. The van der Waals surface area contributed by atoms with Gasteiger partial charge in [0.2, 0.25) is 5.91 Å². The molecule has 4 nitrogen and oxygen atoms in total. The molecule has 1 heterocycles. The molecule has 3 rings (SSSR count). The van der Waals surface area contributed by atoms with Gasteiger partial charge in [0.1, 0.15) is 11.6 Å². The number of carbonyl (C=O) groups is 2. The lowest BCUT2D eigenvalue weighted by molar-refractivity contribution is -0.121. The first-order valence-electron chi connectivity index (χ1n) is 8.20. The maximum absolute atomic E-state index is 13.0. The molecule has 0 spiro atoms. The molecule has 0 unspecified atom stereocenters. The van der Waals surface area contributed by atoms with E-state index in [1.54, 1.807) is 36.4 Å². The van der Waals surface area contributed by atoms with Gasteiger partial charge >= 0.3 is 0 Å².